The highest BCUT2D eigenvalue weighted by Crippen LogP contribution is 2.52. The maximum atomic E-state index is 5.35. The van der Waals surface area contributed by atoms with E-state index in [1.807, 2.05) is 6.07 Å². The molecule has 0 aliphatic heterocycles. The Morgan fingerprint density at radius 1 is 0.311 bits per heavy atom. The van der Waals surface area contributed by atoms with Crippen molar-refractivity contribution in [3.8, 4) is 67.3 Å². The molecule has 1 aliphatic carbocycles. The molecule has 0 bridgehead atoms. The molecule has 0 atom stereocenters. The molecule has 1 aromatic heterocycles. The lowest BCUT2D eigenvalue weighted by Crippen LogP contribution is -2.15. The van der Waals surface area contributed by atoms with Crippen LogP contribution in [0.1, 0.15) is 25.0 Å². The molecule has 0 saturated carbocycles. The lowest BCUT2D eigenvalue weighted by Gasteiger charge is -2.23. The minimum absolute atomic E-state index is 0.0887. The predicted molar refractivity (Wildman–Crippen MR) is 257 cm³/mol. The molecule has 0 amide bonds. The molecule has 2 nitrogen and oxygen atoms in total. The van der Waals surface area contributed by atoms with Crippen molar-refractivity contribution in [2.24, 2.45) is 0 Å². The van der Waals surface area contributed by atoms with Crippen LogP contribution in [0.25, 0.3) is 110 Å². The summed E-state index contributed by atoms with van der Waals surface area (Å²) in [5.74, 6) is 0.710. The van der Waals surface area contributed by atoms with Crippen molar-refractivity contribution in [2.45, 2.75) is 19.3 Å². The van der Waals surface area contributed by atoms with Crippen LogP contribution in [0.3, 0.4) is 0 Å². The second-order valence-electron chi connectivity index (χ2n) is 16.9. The van der Waals surface area contributed by atoms with Crippen molar-refractivity contribution < 1.29 is 0 Å². The second kappa shape index (κ2) is 13.7. The molecule has 11 aromatic rings. The maximum absolute atomic E-state index is 5.35. The predicted octanol–water partition coefficient (Wildman–Crippen LogP) is 15.7. The standard InChI is InChI=1S/C59H40N2/c1-59(2)54-34-28-40(35-53(54)51-29-27-38-16-7-9-21-43(38)57(51)59)42-30-31-48(45-23-11-10-22-44(42)45)49-32-33-52(47-25-13-12-24-46(47)49)58-60-55(39-17-4-3-5-18-39)36-56(61-58)50-26-14-19-37-15-6-8-20-41(37)50/h3-36H,1-2H3. The van der Waals surface area contributed by atoms with Gasteiger partial charge in [0.2, 0.25) is 0 Å². The van der Waals surface area contributed by atoms with Crippen molar-refractivity contribution in [3.63, 3.8) is 0 Å². The SMILES string of the molecule is CC1(C)c2ccc(-c3ccc(-c4ccc(-c5nc(-c6ccccc6)cc(-c6cccc7ccccc67)n5)c5ccccc45)c4ccccc34)cc2-c2ccc3ccccc3c21. The third-order valence-electron chi connectivity index (χ3n) is 13.1. The van der Waals surface area contributed by atoms with E-state index in [1.165, 1.54) is 82.2 Å². The molecule has 10 aromatic carbocycles. The zero-order valence-corrected chi connectivity index (χ0v) is 34.0. The maximum Gasteiger partial charge on any atom is 0.161 e. The van der Waals surface area contributed by atoms with Gasteiger partial charge in [0.1, 0.15) is 0 Å². The monoisotopic (exact) mass is 776 g/mol. The summed E-state index contributed by atoms with van der Waals surface area (Å²) in [6.45, 7) is 4.75. The molecule has 61 heavy (non-hydrogen) atoms. The van der Waals surface area contributed by atoms with E-state index in [0.717, 1.165) is 33.5 Å². The number of hydrogen-bond acceptors (Lipinski definition) is 2. The van der Waals surface area contributed by atoms with Gasteiger partial charge in [0.15, 0.2) is 5.82 Å². The summed E-state index contributed by atoms with van der Waals surface area (Å²) in [4.78, 5) is 10.6. The van der Waals surface area contributed by atoms with Crippen LogP contribution in [0.2, 0.25) is 0 Å². The second-order valence-corrected chi connectivity index (χ2v) is 16.9. The summed E-state index contributed by atoms with van der Waals surface area (Å²) >= 11 is 0. The Kier molecular flexibility index (Phi) is 7.92. The fourth-order valence-corrected chi connectivity index (χ4v) is 10.2. The molecule has 12 rings (SSSR count). The van der Waals surface area contributed by atoms with Gasteiger partial charge in [0.05, 0.1) is 11.4 Å². The van der Waals surface area contributed by atoms with Crippen LogP contribution >= 0.6 is 0 Å². The van der Waals surface area contributed by atoms with Crippen LogP contribution in [-0.4, -0.2) is 9.97 Å². The van der Waals surface area contributed by atoms with Gasteiger partial charge in [0.25, 0.3) is 0 Å². The first-order chi connectivity index (χ1) is 30.0. The van der Waals surface area contributed by atoms with Crippen molar-refractivity contribution in [1.29, 1.82) is 0 Å². The summed E-state index contributed by atoms with van der Waals surface area (Å²) in [5, 5.41) is 9.75. The minimum atomic E-state index is -0.0887. The molecule has 0 unspecified atom stereocenters. The molecular formula is C59H40N2. The van der Waals surface area contributed by atoms with Gasteiger partial charge in [-0.15, -0.1) is 0 Å². The zero-order chi connectivity index (χ0) is 40.7. The molecule has 0 radical (unpaired) electrons. The van der Waals surface area contributed by atoms with Gasteiger partial charge in [-0.05, 0) is 106 Å². The summed E-state index contributed by atoms with van der Waals surface area (Å²) in [6.07, 6.45) is 0. The van der Waals surface area contributed by atoms with E-state index in [2.05, 4.69) is 214 Å². The van der Waals surface area contributed by atoms with Crippen molar-refractivity contribution in [2.75, 3.05) is 0 Å². The van der Waals surface area contributed by atoms with Crippen molar-refractivity contribution in [3.05, 3.63) is 217 Å². The largest absolute Gasteiger partial charge is 0.228 e. The van der Waals surface area contributed by atoms with Gasteiger partial charge >= 0.3 is 0 Å². The van der Waals surface area contributed by atoms with E-state index in [0.29, 0.717) is 5.82 Å². The molecule has 0 spiro atoms. The molecule has 0 N–H and O–H groups in total. The van der Waals surface area contributed by atoms with Crippen LogP contribution in [-0.2, 0) is 5.41 Å². The summed E-state index contributed by atoms with van der Waals surface area (Å²) in [5.41, 5.74) is 15.2. The highest BCUT2D eigenvalue weighted by molar-refractivity contribution is 6.12. The number of nitrogens with zero attached hydrogens (tertiary/aromatic N) is 2. The molecule has 0 saturated heterocycles. The molecule has 1 heterocycles. The van der Waals surface area contributed by atoms with E-state index < -0.39 is 0 Å². The first-order valence-electron chi connectivity index (χ1n) is 21.2. The number of aromatic nitrogens is 2. The number of fused-ring (bicyclic) bond motifs is 8. The van der Waals surface area contributed by atoms with Crippen LogP contribution < -0.4 is 0 Å². The Balaban J connectivity index is 1.01. The average molecular weight is 777 g/mol. The van der Waals surface area contributed by atoms with Crippen LogP contribution in [0.4, 0.5) is 0 Å². The molecule has 2 heteroatoms. The Morgan fingerprint density at radius 3 is 1.56 bits per heavy atom. The Morgan fingerprint density at radius 2 is 0.836 bits per heavy atom. The van der Waals surface area contributed by atoms with Gasteiger partial charge in [-0.3, -0.25) is 0 Å². The van der Waals surface area contributed by atoms with Crippen molar-refractivity contribution >= 4 is 43.1 Å². The van der Waals surface area contributed by atoms with Crippen LogP contribution in [0.15, 0.2) is 206 Å². The highest BCUT2D eigenvalue weighted by Gasteiger charge is 2.37. The van der Waals surface area contributed by atoms with Crippen LogP contribution in [0.5, 0.6) is 0 Å². The Bertz CT molecular complexity index is 3560. The fourth-order valence-electron chi connectivity index (χ4n) is 10.2. The normalized spacial score (nSPS) is 12.9. The van der Waals surface area contributed by atoms with E-state index in [9.17, 15) is 0 Å². The Labute approximate surface area is 355 Å². The molecule has 0 fully saturated rings. The topological polar surface area (TPSA) is 25.8 Å². The molecule has 1 aliphatic rings. The van der Waals surface area contributed by atoms with Crippen LogP contribution in [0, 0.1) is 0 Å². The van der Waals surface area contributed by atoms with E-state index in [1.54, 1.807) is 0 Å². The van der Waals surface area contributed by atoms with Gasteiger partial charge < -0.3 is 0 Å². The highest BCUT2D eigenvalue weighted by atomic mass is 14.9. The Hall–Kier alpha value is -7.68. The smallest absolute Gasteiger partial charge is 0.161 e. The quantitative estimate of drug-likeness (QED) is 0.174. The number of rotatable bonds is 5. The third-order valence-corrected chi connectivity index (χ3v) is 13.1. The molecule has 286 valence electrons. The van der Waals surface area contributed by atoms with E-state index >= 15 is 0 Å². The lowest BCUT2D eigenvalue weighted by molar-refractivity contribution is 0.666. The van der Waals surface area contributed by atoms with Gasteiger partial charge in [0, 0.05) is 22.1 Å². The number of hydrogen-bond donors (Lipinski definition) is 0. The summed E-state index contributed by atoms with van der Waals surface area (Å²) in [7, 11) is 0. The lowest BCUT2D eigenvalue weighted by atomic mass is 9.80. The third kappa shape index (κ3) is 5.56. The molecular weight excluding hydrogens is 737 g/mol. The zero-order valence-electron chi connectivity index (χ0n) is 34.0. The minimum Gasteiger partial charge on any atom is -0.228 e. The van der Waals surface area contributed by atoms with Crippen molar-refractivity contribution in [1.82, 2.24) is 9.97 Å². The summed E-state index contributed by atoms with van der Waals surface area (Å²) < 4.78 is 0. The van der Waals surface area contributed by atoms with Gasteiger partial charge in [-0.2, -0.15) is 0 Å². The van der Waals surface area contributed by atoms with E-state index in [-0.39, 0.29) is 5.41 Å². The van der Waals surface area contributed by atoms with Gasteiger partial charge in [-0.25, -0.2) is 9.97 Å². The first kappa shape index (κ1) is 35.3. The average Bonchev–Trinajstić information content (AvgIpc) is 3.56. The van der Waals surface area contributed by atoms with Gasteiger partial charge in [-0.1, -0.05) is 202 Å². The fraction of sp³-hybridized carbons (Fsp3) is 0.0508. The number of benzene rings is 10. The first-order valence-corrected chi connectivity index (χ1v) is 21.2. The van der Waals surface area contributed by atoms with E-state index in [4.69, 9.17) is 9.97 Å². The summed E-state index contributed by atoms with van der Waals surface area (Å²) in [6, 6.07) is 74.8.